The Morgan fingerprint density at radius 1 is 1.02 bits per heavy atom. The van der Waals surface area contributed by atoms with Gasteiger partial charge in [0.15, 0.2) is 12.4 Å². The number of carboxylic acid groups (broad SMARTS) is 1. The smallest absolute Gasteiger partial charge is 0.335 e. The minimum Gasteiger partial charge on any atom is -0.478 e. The van der Waals surface area contributed by atoms with Crippen molar-refractivity contribution in [1.29, 1.82) is 0 Å². The highest BCUT2D eigenvalue weighted by Gasteiger charge is 2.68. The van der Waals surface area contributed by atoms with Gasteiger partial charge in [-0.3, -0.25) is 19.2 Å². The molecule has 7 atom stereocenters. The van der Waals surface area contributed by atoms with E-state index in [4.69, 9.17) is 9.84 Å². The van der Waals surface area contributed by atoms with E-state index in [9.17, 15) is 34.2 Å². The molecule has 3 saturated carbocycles. The molecule has 1 aromatic carbocycles. The minimum atomic E-state index is -1.74. The molecule has 232 valence electrons. The first-order valence-corrected chi connectivity index (χ1v) is 15.2. The first kappa shape index (κ1) is 31.1. The average Bonchev–Trinajstić information content (AvgIpc) is 3.24. The second-order valence-electron chi connectivity index (χ2n) is 13.3. The Morgan fingerprint density at radius 2 is 1.74 bits per heavy atom. The van der Waals surface area contributed by atoms with Crippen LogP contribution in [0.2, 0.25) is 0 Å². The highest BCUT2D eigenvalue weighted by molar-refractivity contribution is 5.92. The molecule has 0 spiro atoms. The summed E-state index contributed by atoms with van der Waals surface area (Å²) in [5, 5.41) is 34.9. The van der Waals surface area contributed by atoms with Crippen molar-refractivity contribution in [3.8, 4) is 0 Å². The number of benzene rings is 1. The van der Waals surface area contributed by atoms with E-state index < -0.39 is 47.4 Å². The molecule has 5 rings (SSSR count). The van der Waals surface area contributed by atoms with Gasteiger partial charge in [0, 0.05) is 24.8 Å². The molecule has 10 nitrogen and oxygen atoms in total. The maximum atomic E-state index is 13.4. The number of carboxylic acids is 1. The lowest BCUT2D eigenvalue weighted by Gasteiger charge is -2.60. The van der Waals surface area contributed by atoms with E-state index in [1.54, 1.807) is 18.2 Å². The van der Waals surface area contributed by atoms with Gasteiger partial charge >= 0.3 is 11.9 Å². The fourth-order valence-electron chi connectivity index (χ4n) is 8.76. The molecule has 0 aliphatic heterocycles. The molecular formula is C33H41NO9. The first-order chi connectivity index (χ1) is 20.3. The van der Waals surface area contributed by atoms with E-state index in [0.717, 1.165) is 18.4 Å². The SMILES string of the molecule is C[C@]12CCC(=O)C=C1CC[C@@H]1[C@H]2[C@@H](O)C[C@@]2(C)[C@H]1CC[C@]2(O)C(=O)COC(=O)CCC(=O)NCc1ccc(C(=O)O)cc1. The Morgan fingerprint density at radius 3 is 2.44 bits per heavy atom. The molecule has 3 fully saturated rings. The summed E-state index contributed by atoms with van der Waals surface area (Å²) in [6.45, 7) is 3.59. The van der Waals surface area contributed by atoms with E-state index in [0.29, 0.717) is 24.8 Å². The number of allylic oxidation sites excluding steroid dienone is 1. The molecule has 0 unspecified atom stereocenters. The number of aliphatic hydroxyl groups excluding tert-OH is 1. The summed E-state index contributed by atoms with van der Waals surface area (Å²) >= 11 is 0. The molecule has 43 heavy (non-hydrogen) atoms. The number of nitrogens with one attached hydrogen (secondary N) is 1. The van der Waals surface area contributed by atoms with E-state index in [1.165, 1.54) is 12.1 Å². The molecule has 0 bridgehead atoms. The molecule has 4 aliphatic carbocycles. The van der Waals surface area contributed by atoms with Crippen LogP contribution in [0.15, 0.2) is 35.9 Å². The predicted molar refractivity (Wildman–Crippen MR) is 153 cm³/mol. The molecule has 1 aromatic rings. The first-order valence-electron chi connectivity index (χ1n) is 15.2. The van der Waals surface area contributed by atoms with Crippen LogP contribution in [0.5, 0.6) is 0 Å². The number of carbonyl (C=O) groups is 5. The molecule has 4 aliphatic rings. The summed E-state index contributed by atoms with van der Waals surface area (Å²) in [6.07, 6.45) is 4.51. The Balaban J connectivity index is 1.14. The second kappa shape index (κ2) is 11.6. The number of ketones is 2. The minimum absolute atomic E-state index is 0.0191. The number of esters is 1. The maximum Gasteiger partial charge on any atom is 0.335 e. The molecular weight excluding hydrogens is 554 g/mol. The van der Waals surface area contributed by atoms with E-state index in [2.05, 4.69) is 12.2 Å². The number of Topliss-reactive ketones (excluding diaryl/α,β-unsaturated/α-hetero) is 1. The number of carbonyl (C=O) groups excluding carboxylic acids is 4. The van der Waals surface area contributed by atoms with Gasteiger partial charge in [0.25, 0.3) is 0 Å². The molecule has 1 amide bonds. The third kappa shape index (κ3) is 5.55. The van der Waals surface area contributed by atoms with Crippen molar-refractivity contribution >= 4 is 29.4 Å². The number of aliphatic hydroxyl groups is 2. The highest BCUT2D eigenvalue weighted by atomic mass is 16.5. The molecule has 0 heterocycles. The normalized spacial score (nSPS) is 34.7. The van der Waals surface area contributed by atoms with Crippen molar-refractivity contribution in [2.24, 2.45) is 28.6 Å². The average molecular weight is 596 g/mol. The number of aromatic carboxylic acids is 1. The van der Waals surface area contributed by atoms with Crippen LogP contribution in [-0.4, -0.2) is 63.0 Å². The lowest BCUT2D eigenvalue weighted by atomic mass is 9.45. The standard InChI is InChI=1S/C33H41NO9/c1-31-13-11-22(35)15-21(31)7-8-23-24-12-14-33(42,32(24,2)16-25(36)29(23)31)26(37)18-43-28(39)10-9-27(38)34-17-19-3-5-20(6-4-19)30(40)41/h3-6,15,23-25,29,36,42H,7-14,16-18H2,1-2H3,(H,34,38)(H,40,41)/t23-,24-,25-,29-,31-,32-,33-/m0/s1. The second-order valence-corrected chi connectivity index (χ2v) is 13.3. The summed E-state index contributed by atoms with van der Waals surface area (Å²) in [7, 11) is 0. The van der Waals surface area contributed by atoms with Crippen LogP contribution in [-0.2, 0) is 30.5 Å². The Hall–Kier alpha value is -3.37. The third-order valence-corrected chi connectivity index (χ3v) is 11.1. The molecule has 4 N–H and O–H groups in total. The summed E-state index contributed by atoms with van der Waals surface area (Å²) < 4.78 is 5.20. The Labute approximate surface area is 250 Å². The van der Waals surface area contributed by atoms with Gasteiger partial charge in [-0.05, 0) is 85.5 Å². The number of rotatable bonds is 9. The van der Waals surface area contributed by atoms with Crippen LogP contribution in [0.25, 0.3) is 0 Å². The Bertz CT molecular complexity index is 1350. The zero-order chi connectivity index (χ0) is 31.2. The summed E-state index contributed by atoms with van der Waals surface area (Å²) in [5.41, 5.74) is -0.920. The van der Waals surface area contributed by atoms with Gasteiger partial charge in [-0.2, -0.15) is 0 Å². The topological polar surface area (TPSA) is 167 Å². The number of ether oxygens (including phenoxy) is 1. The fraction of sp³-hybridized carbons (Fsp3) is 0.606. The number of fused-ring (bicyclic) bond motifs is 5. The summed E-state index contributed by atoms with van der Waals surface area (Å²) in [5.74, 6) is -2.52. The van der Waals surface area contributed by atoms with Crippen molar-refractivity contribution in [3.05, 3.63) is 47.0 Å². The predicted octanol–water partition coefficient (Wildman–Crippen LogP) is 3.13. The lowest BCUT2D eigenvalue weighted by Crippen LogP contribution is -2.62. The van der Waals surface area contributed by atoms with Crippen LogP contribution in [0, 0.1) is 28.6 Å². The van der Waals surface area contributed by atoms with Gasteiger partial charge in [0.05, 0.1) is 18.1 Å². The number of amides is 1. The van der Waals surface area contributed by atoms with Gasteiger partial charge in [0.2, 0.25) is 11.7 Å². The van der Waals surface area contributed by atoms with E-state index >= 15 is 0 Å². The van der Waals surface area contributed by atoms with Crippen molar-refractivity contribution in [3.63, 3.8) is 0 Å². The van der Waals surface area contributed by atoms with Gasteiger partial charge in [0.1, 0.15) is 5.60 Å². The van der Waals surface area contributed by atoms with Gasteiger partial charge < -0.3 is 25.4 Å². The maximum absolute atomic E-state index is 13.4. The monoisotopic (exact) mass is 595 g/mol. The quantitative estimate of drug-likeness (QED) is 0.314. The Kier molecular flexibility index (Phi) is 8.39. The third-order valence-electron chi connectivity index (χ3n) is 11.1. The van der Waals surface area contributed by atoms with Crippen molar-refractivity contribution in [2.45, 2.75) is 89.9 Å². The summed E-state index contributed by atoms with van der Waals surface area (Å²) in [4.78, 5) is 61.1. The van der Waals surface area contributed by atoms with E-state index in [1.807, 2.05) is 6.92 Å². The van der Waals surface area contributed by atoms with Crippen molar-refractivity contribution < 1.29 is 44.0 Å². The molecule has 10 heteroatoms. The van der Waals surface area contributed by atoms with Crippen LogP contribution < -0.4 is 5.32 Å². The molecule has 0 radical (unpaired) electrons. The largest absolute Gasteiger partial charge is 0.478 e. The van der Waals surface area contributed by atoms with Gasteiger partial charge in [-0.1, -0.05) is 31.6 Å². The number of hydrogen-bond donors (Lipinski definition) is 4. The van der Waals surface area contributed by atoms with Crippen molar-refractivity contribution in [1.82, 2.24) is 5.32 Å². The van der Waals surface area contributed by atoms with Crippen LogP contribution >= 0.6 is 0 Å². The van der Waals surface area contributed by atoms with Crippen LogP contribution in [0.4, 0.5) is 0 Å². The van der Waals surface area contributed by atoms with Crippen LogP contribution in [0.3, 0.4) is 0 Å². The lowest BCUT2D eigenvalue weighted by molar-refractivity contribution is -0.184. The molecule has 0 aromatic heterocycles. The molecule has 0 saturated heterocycles. The van der Waals surface area contributed by atoms with Gasteiger partial charge in [-0.25, -0.2) is 4.79 Å². The van der Waals surface area contributed by atoms with Gasteiger partial charge in [-0.15, -0.1) is 0 Å². The zero-order valence-corrected chi connectivity index (χ0v) is 24.8. The fourth-order valence-corrected chi connectivity index (χ4v) is 8.76. The zero-order valence-electron chi connectivity index (χ0n) is 24.8. The van der Waals surface area contributed by atoms with Crippen molar-refractivity contribution in [2.75, 3.05) is 6.61 Å². The van der Waals surface area contributed by atoms with Crippen LogP contribution in [0.1, 0.15) is 87.6 Å². The summed E-state index contributed by atoms with van der Waals surface area (Å²) in [6, 6.07) is 6.06. The highest BCUT2D eigenvalue weighted by Crippen LogP contribution is 2.67. The van der Waals surface area contributed by atoms with E-state index in [-0.39, 0.29) is 66.7 Å². The number of hydrogen-bond acceptors (Lipinski definition) is 8.